The van der Waals surface area contributed by atoms with E-state index in [1.54, 1.807) is 12.1 Å². The van der Waals surface area contributed by atoms with Crippen molar-refractivity contribution in [3.63, 3.8) is 0 Å². The Balaban J connectivity index is 1.77. The van der Waals surface area contributed by atoms with Gasteiger partial charge in [0, 0.05) is 17.8 Å². The second kappa shape index (κ2) is 4.84. The Kier molecular flexibility index (Phi) is 3.03. The molecule has 2 aliphatic rings. The van der Waals surface area contributed by atoms with Gasteiger partial charge in [-0.05, 0) is 25.3 Å². The van der Waals surface area contributed by atoms with E-state index in [1.807, 2.05) is 0 Å². The summed E-state index contributed by atoms with van der Waals surface area (Å²) < 4.78 is 10.5. The van der Waals surface area contributed by atoms with Crippen LogP contribution in [0.15, 0.2) is 24.3 Å². The fourth-order valence-electron chi connectivity index (χ4n) is 2.34. The number of allylic oxidation sites excluding steroid dienone is 1. The smallest absolute Gasteiger partial charge is 0.253 e. The van der Waals surface area contributed by atoms with Gasteiger partial charge in [-0.1, -0.05) is 12.2 Å². The van der Waals surface area contributed by atoms with Crippen molar-refractivity contribution in [2.45, 2.75) is 25.3 Å². The van der Waals surface area contributed by atoms with Crippen LogP contribution in [0, 0.1) is 0 Å². The van der Waals surface area contributed by atoms with E-state index in [0.29, 0.717) is 22.7 Å². The summed E-state index contributed by atoms with van der Waals surface area (Å²) in [5.74, 6) is 1.01. The first-order valence-corrected chi connectivity index (χ1v) is 6.39. The summed E-state index contributed by atoms with van der Waals surface area (Å²) in [7, 11) is 0. The predicted molar refractivity (Wildman–Crippen MR) is 71.2 cm³/mol. The first-order valence-electron chi connectivity index (χ1n) is 6.39. The van der Waals surface area contributed by atoms with Crippen LogP contribution in [0.1, 0.15) is 29.6 Å². The van der Waals surface area contributed by atoms with Gasteiger partial charge in [0.05, 0.1) is 5.56 Å². The van der Waals surface area contributed by atoms with Crippen LogP contribution in [-0.2, 0) is 0 Å². The number of carbonyl (C=O) groups excluding carboxylic acids is 1. The van der Waals surface area contributed by atoms with Crippen LogP contribution < -0.4 is 20.5 Å². The molecule has 1 unspecified atom stereocenters. The molecule has 3 rings (SSSR count). The van der Waals surface area contributed by atoms with E-state index in [9.17, 15) is 4.79 Å². The average Bonchev–Trinajstić information content (AvgIpc) is 2.86. The lowest BCUT2D eigenvalue weighted by Crippen LogP contribution is -2.35. The standard InChI is InChI=1S/C14H16N2O3/c15-11-7-13-12(18-8-19-13)6-10(11)14(17)16-9-4-2-1-3-5-9/h1-2,6-7,9H,3-5,8,15H2,(H,16,17). The van der Waals surface area contributed by atoms with E-state index in [4.69, 9.17) is 15.2 Å². The number of nitrogen functional groups attached to an aromatic ring is 1. The molecule has 1 aliphatic carbocycles. The van der Waals surface area contributed by atoms with Crippen molar-refractivity contribution in [2.24, 2.45) is 0 Å². The average molecular weight is 260 g/mol. The van der Waals surface area contributed by atoms with Crippen molar-refractivity contribution in [3.8, 4) is 11.5 Å². The number of hydrogen-bond donors (Lipinski definition) is 2. The minimum atomic E-state index is -0.156. The number of ether oxygens (including phenoxy) is 2. The lowest BCUT2D eigenvalue weighted by atomic mass is 10.0. The molecule has 1 aromatic carbocycles. The molecular formula is C14H16N2O3. The monoisotopic (exact) mass is 260 g/mol. The molecule has 1 aliphatic heterocycles. The second-order valence-corrected chi connectivity index (χ2v) is 4.75. The Labute approximate surface area is 111 Å². The van der Waals surface area contributed by atoms with Gasteiger partial charge in [-0.25, -0.2) is 0 Å². The predicted octanol–water partition coefficient (Wildman–Crippen LogP) is 1.84. The van der Waals surface area contributed by atoms with Gasteiger partial charge in [-0.2, -0.15) is 0 Å². The van der Waals surface area contributed by atoms with E-state index >= 15 is 0 Å². The fraction of sp³-hybridized carbons (Fsp3) is 0.357. The van der Waals surface area contributed by atoms with Crippen molar-refractivity contribution in [3.05, 3.63) is 29.8 Å². The lowest BCUT2D eigenvalue weighted by molar-refractivity contribution is 0.0935. The van der Waals surface area contributed by atoms with Crippen LogP contribution in [0.4, 0.5) is 5.69 Å². The maximum Gasteiger partial charge on any atom is 0.253 e. The van der Waals surface area contributed by atoms with Gasteiger partial charge in [0.2, 0.25) is 6.79 Å². The van der Waals surface area contributed by atoms with Crippen LogP contribution in [0.2, 0.25) is 0 Å². The Hall–Kier alpha value is -2.17. The summed E-state index contributed by atoms with van der Waals surface area (Å²) in [6.07, 6.45) is 7.07. The minimum absolute atomic E-state index is 0.156. The summed E-state index contributed by atoms with van der Waals surface area (Å²) in [5, 5.41) is 3.00. The van der Waals surface area contributed by atoms with Crippen LogP contribution in [-0.4, -0.2) is 18.7 Å². The first kappa shape index (κ1) is 11.9. The maximum atomic E-state index is 12.2. The summed E-state index contributed by atoms with van der Waals surface area (Å²) in [6, 6.07) is 3.46. The highest BCUT2D eigenvalue weighted by atomic mass is 16.7. The lowest BCUT2D eigenvalue weighted by Gasteiger charge is -2.19. The highest BCUT2D eigenvalue weighted by molar-refractivity contribution is 6.00. The number of fused-ring (bicyclic) bond motifs is 1. The zero-order valence-electron chi connectivity index (χ0n) is 10.5. The molecule has 19 heavy (non-hydrogen) atoms. The molecule has 0 saturated heterocycles. The molecule has 3 N–H and O–H groups in total. The number of nitrogens with one attached hydrogen (secondary N) is 1. The Morgan fingerprint density at radius 1 is 1.26 bits per heavy atom. The van der Waals surface area contributed by atoms with Gasteiger partial charge < -0.3 is 20.5 Å². The summed E-state index contributed by atoms with van der Waals surface area (Å²) in [5.41, 5.74) is 6.74. The van der Waals surface area contributed by atoms with Gasteiger partial charge >= 0.3 is 0 Å². The molecule has 0 bridgehead atoms. The molecule has 5 heteroatoms. The molecule has 5 nitrogen and oxygen atoms in total. The number of rotatable bonds is 2. The van der Waals surface area contributed by atoms with Gasteiger partial charge in [-0.15, -0.1) is 0 Å². The quantitative estimate of drug-likeness (QED) is 0.628. The van der Waals surface area contributed by atoms with Gasteiger partial charge in [0.25, 0.3) is 5.91 Å². The first-order chi connectivity index (χ1) is 9.24. The fourth-order valence-corrected chi connectivity index (χ4v) is 2.34. The SMILES string of the molecule is Nc1cc2c(cc1C(=O)NC1CC=CCC1)OCO2. The summed E-state index contributed by atoms with van der Waals surface area (Å²) >= 11 is 0. The number of carbonyl (C=O) groups is 1. The van der Waals surface area contributed by atoms with E-state index in [0.717, 1.165) is 19.3 Å². The van der Waals surface area contributed by atoms with Crippen molar-refractivity contribution in [1.82, 2.24) is 5.32 Å². The van der Waals surface area contributed by atoms with Crippen LogP contribution in [0.25, 0.3) is 0 Å². The third kappa shape index (κ3) is 2.36. The molecular weight excluding hydrogens is 244 g/mol. The van der Waals surface area contributed by atoms with E-state index < -0.39 is 0 Å². The second-order valence-electron chi connectivity index (χ2n) is 4.75. The largest absolute Gasteiger partial charge is 0.454 e. The molecule has 1 atom stereocenters. The molecule has 100 valence electrons. The van der Waals surface area contributed by atoms with E-state index in [-0.39, 0.29) is 18.7 Å². The topological polar surface area (TPSA) is 73.6 Å². The van der Waals surface area contributed by atoms with Crippen molar-refractivity contribution in [2.75, 3.05) is 12.5 Å². The van der Waals surface area contributed by atoms with Gasteiger partial charge in [0.15, 0.2) is 11.5 Å². The summed E-state index contributed by atoms with van der Waals surface area (Å²) in [6.45, 7) is 0.174. The van der Waals surface area contributed by atoms with Gasteiger partial charge in [0.1, 0.15) is 0 Å². The normalized spacial score (nSPS) is 20.3. The number of amides is 1. The number of anilines is 1. The number of nitrogens with two attached hydrogens (primary N) is 1. The van der Waals surface area contributed by atoms with Crippen molar-refractivity contribution < 1.29 is 14.3 Å². The Morgan fingerprint density at radius 3 is 2.79 bits per heavy atom. The zero-order valence-corrected chi connectivity index (χ0v) is 10.5. The Bertz CT molecular complexity index is 540. The molecule has 0 saturated carbocycles. The Morgan fingerprint density at radius 2 is 2.05 bits per heavy atom. The minimum Gasteiger partial charge on any atom is -0.454 e. The highest BCUT2D eigenvalue weighted by Crippen LogP contribution is 2.35. The molecule has 0 aromatic heterocycles. The third-order valence-corrected chi connectivity index (χ3v) is 3.39. The molecule has 0 spiro atoms. The molecule has 1 aromatic rings. The molecule has 0 fully saturated rings. The van der Waals surface area contributed by atoms with Gasteiger partial charge in [-0.3, -0.25) is 4.79 Å². The van der Waals surface area contributed by atoms with Crippen LogP contribution in [0.5, 0.6) is 11.5 Å². The molecule has 1 amide bonds. The maximum absolute atomic E-state index is 12.2. The molecule has 0 radical (unpaired) electrons. The van der Waals surface area contributed by atoms with Crippen LogP contribution in [0.3, 0.4) is 0 Å². The highest BCUT2D eigenvalue weighted by Gasteiger charge is 2.21. The molecule has 1 heterocycles. The third-order valence-electron chi connectivity index (χ3n) is 3.39. The van der Waals surface area contributed by atoms with E-state index in [1.165, 1.54) is 0 Å². The number of benzene rings is 1. The summed E-state index contributed by atoms with van der Waals surface area (Å²) in [4.78, 5) is 12.2. The van der Waals surface area contributed by atoms with E-state index in [2.05, 4.69) is 17.5 Å². The zero-order chi connectivity index (χ0) is 13.2. The van der Waals surface area contributed by atoms with Crippen LogP contribution >= 0.6 is 0 Å². The number of hydrogen-bond acceptors (Lipinski definition) is 4. The van der Waals surface area contributed by atoms with Crippen molar-refractivity contribution >= 4 is 11.6 Å². The van der Waals surface area contributed by atoms with Crippen molar-refractivity contribution in [1.29, 1.82) is 0 Å².